The lowest BCUT2D eigenvalue weighted by Gasteiger charge is -2.35. The molecule has 1 aliphatic carbocycles. The molecule has 1 heterocycles. The molecule has 1 saturated carbocycles. The minimum atomic E-state index is -0.324. The monoisotopic (exact) mass is 235 g/mol. The number of halogens is 1. The van der Waals surface area contributed by atoms with Crippen molar-refractivity contribution in [1.29, 1.82) is 0 Å². The van der Waals surface area contributed by atoms with Gasteiger partial charge in [-0.05, 0) is 25.0 Å². The molecule has 1 aliphatic rings. The van der Waals surface area contributed by atoms with Crippen molar-refractivity contribution >= 4 is 17.0 Å². The van der Waals surface area contributed by atoms with Gasteiger partial charge in [-0.1, -0.05) is 6.07 Å². The second-order valence-corrected chi connectivity index (χ2v) is 4.43. The molecule has 2 aromatic rings. The van der Waals surface area contributed by atoms with Gasteiger partial charge in [-0.15, -0.1) is 0 Å². The number of fused-ring (bicyclic) bond motifs is 1. The number of aromatic nitrogens is 2. The molecule has 0 atom stereocenters. The molecule has 1 aromatic heterocycles. The third-order valence-electron chi connectivity index (χ3n) is 3.47. The van der Waals surface area contributed by atoms with Crippen LogP contribution in [0.25, 0.3) is 11.0 Å². The van der Waals surface area contributed by atoms with Gasteiger partial charge >= 0.3 is 0 Å². The Morgan fingerprint density at radius 1 is 1.47 bits per heavy atom. The average Bonchev–Trinajstić information content (AvgIpc) is 2.57. The SMILES string of the molecule is COC1CC(n2c(N)nc3c(F)cccc32)C1. The fraction of sp³-hybridized carbons (Fsp3) is 0.417. The number of nitrogens with two attached hydrogens (primary N) is 1. The highest BCUT2D eigenvalue weighted by atomic mass is 19.1. The van der Waals surface area contributed by atoms with Crippen LogP contribution in [0.1, 0.15) is 18.9 Å². The minimum absolute atomic E-state index is 0.270. The quantitative estimate of drug-likeness (QED) is 0.867. The van der Waals surface area contributed by atoms with Gasteiger partial charge in [0.1, 0.15) is 5.52 Å². The van der Waals surface area contributed by atoms with E-state index in [1.54, 1.807) is 13.2 Å². The Labute approximate surface area is 98.2 Å². The lowest BCUT2D eigenvalue weighted by atomic mass is 9.89. The van der Waals surface area contributed by atoms with Crippen LogP contribution in [0.5, 0.6) is 0 Å². The highest BCUT2D eigenvalue weighted by Gasteiger charge is 2.32. The van der Waals surface area contributed by atoms with E-state index in [9.17, 15) is 4.39 Å². The maximum atomic E-state index is 13.6. The van der Waals surface area contributed by atoms with E-state index in [4.69, 9.17) is 10.5 Å². The summed E-state index contributed by atoms with van der Waals surface area (Å²) in [5.74, 6) is 0.0558. The van der Waals surface area contributed by atoms with Crippen LogP contribution in [-0.2, 0) is 4.74 Å². The minimum Gasteiger partial charge on any atom is -0.381 e. The van der Waals surface area contributed by atoms with E-state index in [1.165, 1.54) is 6.07 Å². The number of ether oxygens (including phenoxy) is 1. The molecule has 2 N–H and O–H groups in total. The molecule has 0 aliphatic heterocycles. The molecule has 90 valence electrons. The number of imidazole rings is 1. The lowest BCUT2D eigenvalue weighted by Crippen LogP contribution is -2.32. The maximum Gasteiger partial charge on any atom is 0.201 e. The molecule has 0 radical (unpaired) electrons. The van der Waals surface area contributed by atoms with Gasteiger partial charge in [0.05, 0.1) is 11.6 Å². The summed E-state index contributed by atoms with van der Waals surface area (Å²) in [7, 11) is 1.70. The van der Waals surface area contributed by atoms with E-state index in [2.05, 4.69) is 4.98 Å². The van der Waals surface area contributed by atoms with E-state index in [1.807, 2.05) is 10.6 Å². The van der Waals surface area contributed by atoms with Crippen molar-refractivity contribution in [3.63, 3.8) is 0 Å². The van der Waals surface area contributed by atoms with Gasteiger partial charge in [-0.2, -0.15) is 0 Å². The van der Waals surface area contributed by atoms with E-state index in [-0.39, 0.29) is 18.0 Å². The van der Waals surface area contributed by atoms with Crippen molar-refractivity contribution in [2.75, 3.05) is 12.8 Å². The molecule has 17 heavy (non-hydrogen) atoms. The largest absolute Gasteiger partial charge is 0.381 e. The van der Waals surface area contributed by atoms with Gasteiger partial charge in [-0.3, -0.25) is 0 Å². The first kappa shape index (κ1) is 10.5. The van der Waals surface area contributed by atoms with Gasteiger partial charge in [-0.25, -0.2) is 9.37 Å². The molecule has 0 unspecified atom stereocenters. The van der Waals surface area contributed by atoms with E-state index < -0.39 is 0 Å². The van der Waals surface area contributed by atoms with Gasteiger partial charge < -0.3 is 15.0 Å². The summed E-state index contributed by atoms with van der Waals surface area (Å²) in [4.78, 5) is 4.09. The molecular formula is C12H14FN3O. The van der Waals surface area contributed by atoms with Crippen LogP contribution in [0, 0.1) is 5.82 Å². The summed E-state index contributed by atoms with van der Waals surface area (Å²) >= 11 is 0. The number of rotatable bonds is 2. The Kier molecular flexibility index (Phi) is 2.29. The van der Waals surface area contributed by atoms with Crippen molar-refractivity contribution in [2.45, 2.75) is 25.0 Å². The van der Waals surface area contributed by atoms with Crippen molar-refractivity contribution in [3.05, 3.63) is 24.0 Å². The topological polar surface area (TPSA) is 53.1 Å². The van der Waals surface area contributed by atoms with Crippen LogP contribution in [0.2, 0.25) is 0 Å². The Hall–Kier alpha value is -1.62. The second kappa shape index (κ2) is 3.70. The molecule has 0 saturated heterocycles. The summed E-state index contributed by atoms with van der Waals surface area (Å²) in [6.45, 7) is 0. The predicted molar refractivity (Wildman–Crippen MR) is 63.2 cm³/mol. The van der Waals surface area contributed by atoms with Crippen molar-refractivity contribution in [2.24, 2.45) is 0 Å². The molecule has 0 spiro atoms. The molecule has 1 fully saturated rings. The van der Waals surface area contributed by atoms with Crippen LogP contribution < -0.4 is 5.73 Å². The number of nitrogen functional groups attached to an aromatic ring is 1. The second-order valence-electron chi connectivity index (χ2n) is 4.43. The zero-order valence-electron chi connectivity index (χ0n) is 9.56. The Bertz CT molecular complexity index is 560. The maximum absolute atomic E-state index is 13.6. The third-order valence-corrected chi connectivity index (χ3v) is 3.47. The summed E-state index contributed by atoms with van der Waals surface area (Å²) in [6.07, 6.45) is 2.09. The summed E-state index contributed by atoms with van der Waals surface area (Å²) in [5, 5.41) is 0. The van der Waals surface area contributed by atoms with Crippen LogP contribution in [0.3, 0.4) is 0 Å². The molecular weight excluding hydrogens is 221 g/mol. The zero-order valence-corrected chi connectivity index (χ0v) is 9.56. The van der Waals surface area contributed by atoms with Gasteiger partial charge in [0.2, 0.25) is 5.95 Å². The van der Waals surface area contributed by atoms with Crippen LogP contribution in [0.15, 0.2) is 18.2 Å². The number of hydrogen-bond acceptors (Lipinski definition) is 3. The van der Waals surface area contributed by atoms with Crippen LogP contribution in [0.4, 0.5) is 10.3 Å². The number of benzene rings is 1. The molecule has 0 bridgehead atoms. The number of anilines is 1. The first-order chi connectivity index (χ1) is 8.20. The average molecular weight is 235 g/mol. The Morgan fingerprint density at radius 2 is 2.24 bits per heavy atom. The zero-order chi connectivity index (χ0) is 12.0. The summed E-state index contributed by atoms with van der Waals surface area (Å²) < 4.78 is 20.7. The highest BCUT2D eigenvalue weighted by molar-refractivity contribution is 5.79. The number of hydrogen-bond donors (Lipinski definition) is 1. The third kappa shape index (κ3) is 1.50. The highest BCUT2D eigenvalue weighted by Crippen LogP contribution is 2.38. The molecule has 4 nitrogen and oxygen atoms in total. The number of para-hydroxylation sites is 1. The predicted octanol–water partition coefficient (Wildman–Crippen LogP) is 2.11. The van der Waals surface area contributed by atoms with E-state index in [0.717, 1.165) is 18.4 Å². The fourth-order valence-corrected chi connectivity index (χ4v) is 2.43. The fourth-order valence-electron chi connectivity index (χ4n) is 2.43. The van der Waals surface area contributed by atoms with Crippen molar-refractivity contribution in [1.82, 2.24) is 9.55 Å². The van der Waals surface area contributed by atoms with Crippen molar-refractivity contribution < 1.29 is 9.13 Å². The summed E-state index contributed by atoms with van der Waals surface area (Å²) in [6, 6.07) is 5.20. The van der Waals surface area contributed by atoms with E-state index >= 15 is 0 Å². The Balaban J connectivity index is 2.05. The number of methoxy groups -OCH3 is 1. The summed E-state index contributed by atoms with van der Waals surface area (Å²) in [5.41, 5.74) is 6.98. The van der Waals surface area contributed by atoms with Gasteiger partial charge in [0.25, 0.3) is 0 Å². The Morgan fingerprint density at radius 3 is 2.94 bits per heavy atom. The van der Waals surface area contributed by atoms with E-state index in [0.29, 0.717) is 11.5 Å². The first-order valence-electron chi connectivity index (χ1n) is 5.65. The first-order valence-corrected chi connectivity index (χ1v) is 5.65. The molecule has 0 amide bonds. The van der Waals surface area contributed by atoms with Crippen LogP contribution in [-0.4, -0.2) is 22.8 Å². The van der Waals surface area contributed by atoms with Crippen LogP contribution >= 0.6 is 0 Å². The molecule has 3 rings (SSSR count). The normalized spacial score (nSPS) is 23.9. The van der Waals surface area contributed by atoms with Gasteiger partial charge in [0.15, 0.2) is 5.82 Å². The molecule has 1 aromatic carbocycles. The standard InChI is InChI=1S/C12H14FN3O/c1-17-8-5-7(6-8)16-10-4-2-3-9(13)11(10)15-12(16)14/h2-4,7-8H,5-6H2,1H3,(H2,14,15). The molecule has 5 heteroatoms. The lowest BCUT2D eigenvalue weighted by molar-refractivity contribution is 0.00798. The van der Waals surface area contributed by atoms with Gasteiger partial charge in [0, 0.05) is 13.2 Å². The smallest absolute Gasteiger partial charge is 0.201 e. The van der Waals surface area contributed by atoms with Crippen molar-refractivity contribution in [3.8, 4) is 0 Å². The number of nitrogens with zero attached hydrogens (tertiary/aromatic N) is 2.